The molecule has 3 aromatic rings. The van der Waals surface area contributed by atoms with Crippen molar-refractivity contribution in [2.75, 3.05) is 5.73 Å². The van der Waals surface area contributed by atoms with Gasteiger partial charge in [0.1, 0.15) is 5.82 Å². The molecule has 0 fully saturated rings. The van der Waals surface area contributed by atoms with E-state index in [1.807, 2.05) is 48.5 Å². The molecular weight excluding hydrogens is 297 g/mol. The van der Waals surface area contributed by atoms with Gasteiger partial charge in [-0.25, -0.2) is 4.39 Å². The van der Waals surface area contributed by atoms with Gasteiger partial charge in [-0.2, -0.15) is 0 Å². The lowest BCUT2D eigenvalue weighted by atomic mass is 9.98. The number of nitrogens with two attached hydrogens (primary N) is 1. The maximum absolute atomic E-state index is 14.6. The Morgan fingerprint density at radius 2 is 1.42 bits per heavy atom. The third-order valence-corrected chi connectivity index (χ3v) is 4.30. The van der Waals surface area contributed by atoms with Gasteiger partial charge in [0.05, 0.1) is 0 Å². The zero-order chi connectivity index (χ0) is 16.9. The van der Waals surface area contributed by atoms with Gasteiger partial charge in [0.2, 0.25) is 0 Å². The van der Waals surface area contributed by atoms with Crippen molar-refractivity contribution in [1.82, 2.24) is 0 Å². The molecule has 0 aliphatic rings. The van der Waals surface area contributed by atoms with Gasteiger partial charge in [0.25, 0.3) is 0 Å². The summed E-state index contributed by atoms with van der Waals surface area (Å²) in [5.74, 6) is -0.203. The fourth-order valence-corrected chi connectivity index (χ4v) is 2.84. The predicted molar refractivity (Wildman–Crippen MR) is 100 cm³/mol. The second-order valence-electron chi connectivity index (χ2n) is 6.12. The Kier molecular flexibility index (Phi) is 4.95. The minimum atomic E-state index is -0.203. The van der Waals surface area contributed by atoms with Crippen molar-refractivity contribution in [3.8, 4) is 22.3 Å². The highest BCUT2D eigenvalue weighted by Crippen LogP contribution is 2.28. The zero-order valence-corrected chi connectivity index (χ0v) is 13.9. The highest BCUT2D eigenvalue weighted by Gasteiger charge is 2.07. The first-order valence-electron chi connectivity index (χ1n) is 8.42. The second kappa shape index (κ2) is 7.31. The fraction of sp³-hybridized carbons (Fsp3) is 0.182. The van der Waals surface area contributed by atoms with E-state index in [-0.39, 0.29) is 5.82 Å². The average molecular weight is 319 g/mol. The highest BCUT2D eigenvalue weighted by atomic mass is 19.1. The summed E-state index contributed by atoms with van der Waals surface area (Å²) >= 11 is 0. The molecule has 0 amide bonds. The largest absolute Gasteiger partial charge is 0.399 e. The van der Waals surface area contributed by atoms with Gasteiger partial charge in [0.15, 0.2) is 0 Å². The standard InChI is InChI=1S/C22H22FN/c1-2-3-4-16-5-7-18(8-6-16)21-14-11-19(15-22(21)23)17-9-12-20(24)13-10-17/h5-15H,2-4,24H2,1H3. The number of benzene rings is 3. The quantitative estimate of drug-likeness (QED) is 0.566. The molecule has 24 heavy (non-hydrogen) atoms. The van der Waals surface area contributed by atoms with Crippen LogP contribution in [-0.2, 0) is 6.42 Å². The monoisotopic (exact) mass is 319 g/mol. The van der Waals surface area contributed by atoms with Crippen molar-refractivity contribution >= 4 is 5.69 Å². The number of aryl methyl sites for hydroxylation is 1. The summed E-state index contributed by atoms with van der Waals surface area (Å²) in [6.07, 6.45) is 3.45. The van der Waals surface area contributed by atoms with E-state index >= 15 is 0 Å². The Balaban J connectivity index is 1.85. The molecule has 3 rings (SSSR count). The van der Waals surface area contributed by atoms with Crippen molar-refractivity contribution in [2.45, 2.75) is 26.2 Å². The SMILES string of the molecule is CCCCc1ccc(-c2ccc(-c3ccc(N)cc3)cc2F)cc1. The number of halogens is 1. The van der Waals surface area contributed by atoms with Crippen LogP contribution in [0.4, 0.5) is 10.1 Å². The minimum Gasteiger partial charge on any atom is -0.399 e. The Hall–Kier alpha value is -2.61. The molecule has 0 radical (unpaired) electrons. The lowest BCUT2D eigenvalue weighted by Crippen LogP contribution is -1.89. The van der Waals surface area contributed by atoms with Crippen LogP contribution in [0.25, 0.3) is 22.3 Å². The Morgan fingerprint density at radius 1 is 0.792 bits per heavy atom. The van der Waals surface area contributed by atoms with Crippen LogP contribution < -0.4 is 5.73 Å². The molecule has 3 aromatic carbocycles. The Labute approximate surface area is 143 Å². The molecule has 122 valence electrons. The van der Waals surface area contributed by atoms with Crippen LogP contribution in [0.5, 0.6) is 0 Å². The Morgan fingerprint density at radius 3 is 2.04 bits per heavy atom. The van der Waals surface area contributed by atoms with Crippen molar-refractivity contribution in [2.24, 2.45) is 0 Å². The predicted octanol–water partition coefficient (Wildman–Crippen LogP) is 6.08. The normalized spacial score (nSPS) is 10.8. The fourth-order valence-electron chi connectivity index (χ4n) is 2.84. The summed E-state index contributed by atoms with van der Waals surface area (Å²) in [5, 5.41) is 0. The van der Waals surface area contributed by atoms with Gasteiger partial charge in [-0.15, -0.1) is 0 Å². The van der Waals surface area contributed by atoms with Crippen molar-refractivity contribution in [3.63, 3.8) is 0 Å². The Bertz CT molecular complexity index is 804. The third-order valence-electron chi connectivity index (χ3n) is 4.30. The molecule has 0 saturated heterocycles. The van der Waals surface area contributed by atoms with Crippen molar-refractivity contribution in [3.05, 3.63) is 78.1 Å². The molecule has 0 spiro atoms. The lowest BCUT2D eigenvalue weighted by molar-refractivity contribution is 0.632. The molecular formula is C22H22FN. The van der Waals surface area contributed by atoms with Gasteiger partial charge in [0, 0.05) is 11.3 Å². The number of hydrogen-bond donors (Lipinski definition) is 1. The molecule has 0 unspecified atom stereocenters. The van der Waals surface area contributed by atoms with Crippen LogP contribution in [-0.4, -0.2) is 0 Å². The van der Waals surface area contributed by atoms with E-state index in [1.165, 1.54) is 18.4 Å². The summed E-state index contributed by atoms with van der Waals surface area (Å²) in [6, 6.07) is 21.1. The molecule has 0 aliphatic carbocycles. The number of anilines is 1. The summed E-state index contributed by atoms with van der Waals surface area (Å²) in [6.45, 7) is 2.19. The third kappa shape index (κ3) is 3.65. The van der Waals surface area contributed by atoms with Gasteiger partial charge >= 0.3 is 0 Å². The molecule has 1 nitrogen and oxygen atoms in total. The second-order valence-corrected chi connectivity index (χ2v) is 6.12. The van der Waals surface area contributed by atoms with E-state index in [0.717, 1.165) is 23.1 Å². The van der Waals surface area contributed by atoms with Gasteiger partial charge in [-0.05, 0) is 53.3 Å². The van der Waals surface area contributed by atoms with Crippen molar-refractivity contribution < 1.29 is 4.39 Å². The van der Waals surface area contributed by atoms with Crippen LogP contribution in [0.3, 0.4) is 0 Å². The first-order chi connectivity index (χ1) is 11.7. The molecule has 0 bridgehead atoms. The highest BCUT2D eigenvalue weighted by molar-refractivity contribution is 5.71. The maximum Gasteiger partial charge on any atom is 0.131 e. The maximum atomic E-state index is 14.6. The average Bonchev–Trinajstić information content (AvgIpc) is 2.61. The zero-order valence-electron chi connectivity index (χ0n) is 13.9. The summed E-state index contributed by atoms with van der Waals surface area (Å²) in [7, 11) is 0. The molecule has 0 aromatic heterocycles. The topological polar surface area (TPSA) is 26.0 Å². The van der Waals surface area contributed by atoms with Crippen LogP contribution >= 0.6 is 0 Å². The van der Waals surface area contributed by atoms with Crippen molar-refractivity contribution in [1.29, 1.82) is 0 Å². The van der Waals surface area contributed by atoms with Gasteiger partial charge in [-0.1, -0.05) is 61.9 Å². The lowest BCUT2D eigenvalue weighted by Gasteiger charge is -2.08. The summed E-state index contributed by atoms with van der Waals surface area (Å²) in [5.41, 5.74) is 11.1. The van der Waals surface area contributed by atoms with Crippen LogP contribution in [0.2, 0.25) is 0 Å². The van der Waals surface area contributed by atoms with E-state index in [0.29, 0.717) is 11.3 Å². The van der Waals surface area contributed by atoms with E-state index in [4.69, 9.17) is 5.73 Å². The first-order valence-corrected chi connectivity index (χ1v) is 8.42. The molecule has 0 saturated carbocycles. The van der Waals surface area contributed by atoms with E-state index in [1.54, 1.807) is 6.07 Å². The minimum absolute atomic E-state index is 0.203. The molecule has 2 heteroatoms. The number of nitrogen functional groups attached to an aromatic ring is 1. The van der Waals surface area contributed by atoms with Crippen LogP contribution in [0.15, 0.2) is 66.7 Å². The smallest absolute Gasteiger partial charge is 0.131 e. The molecule has 0 aliphatic heterocycles. The van der Waals surface area contributed by atoms with Crippen LogP contribution in [0.1, 0.15) is 25.3 Å². The molecule has 2 N–H and O–H groups in total. The van der Waals surface area contributed by atoms with Crippen LogP contribution in [0, 0.1) is 5.82 Å². The molecule has 0 heterocycles. The molecule has 0 atom stereocenters. The van der Waals surface area contributed by atoms with Gasteiger partial charge in [-0.3, -0.25) is 0 Å². The van der Waals surface area contributed by atoms with E-state index < -0.39 is 0 Å². The number of hydrogen-bond acceptors (Lipinski definition) is 1. The van der Waals surface area contributed by atoms with E-state index in [9.17, 15) is 4.39 Å². The van der Waals surface area contributed by atoms with Gasteiger partial charge < -0.3 is 5.73 Å². The summed E-state index contributed by atoms with van der Waals surface area (Å²) < 4.78 is 14.6. The number of unbranched alkanes of at least 4 members (excludes halogenated alkanes) is 1. The first kappa shape index (κ1) is 16.3. The summed E-state index contributed by atoms with van der Waals surface area (Å²) in [4.78, 5) is 0. The van der Waals surface area contributed by atoms with E-state index in [2.05, 4.69) is 19.1 Å². The number of rotatable bonds is 5.